The van der Waals surface area contributed by atoms with Crippen LogP contribution >= 0.6 is 0 Å². The molecule has 0 aliphatic heterocycles. The Morgan fingerprint density at radius 3 is 2.62 bits per heavy atom. The van der Waals surface area contributed by atoms with Crippen LogP contribution in [0.15, 0.2) is 0 Å². The van der Waals surface area contributed by atoms with Crippen LogP contribution in [0.2, 0.25) is 0 Å². The van der Waals surface area contributed by atoms with Gasteiger partial charge in [-0.15, -0.1) is 0 Å². The van der Waals surface area contributed by atoms with Crippen molar-refractivity contribution in [2.75, 3.05) is 0 Å². The molecule has 0 N–H and O–H groups in total. The van der Waals surface area contributed by atoms with E-state index >= 15 is 0 Å². The van der Waals surface area contributed by atoms with Crippen LogP contribution in [0.1, 0.15) is 39.0 Å². The van der Waals surface area contributed by atoms with Crippen molar-refractivity contribution in [2.45, 2.75) is 39.0 Å². The zero-order valence-electron chi connectivity index (χ0n) is 8.16. The lowest BCUT2D eigenvalue weighted by Crippen LogP contribution is -2.09. The Bertz CT molecular complexity index is 233. The fourth-order valence-corrected chi connectivity index (χ4v) is 2.27. The summed E-state index contributed by atoms with van der Waals surface area (Å²) in [5.74, 6) is 1.29. The maximum Gasteiger partial charge on any atom is 0.0669 e. The van der Waals surface area contributed by atoms with Gasteiger partial charge in [0.05, 0.1) is 24.5 Å². The first kappa shape index (κ1) is 10.1. The highest BCUT2D eigenvalue weighted by Crippen LogP contribution is 2.38. The van der Waals surface area contributed by atoms with Crippen molar-refractivity contribution in [1.82, 2.24) is 0 Å². The van der Waals surface area contributed by atoms with Crippen LogP contribution in [0.5, 0.6) is 0 Å². The Morgan fingerprint density at radius 1 is 1.38 bits per heavy atom. The molecule has 3 unspecified atom stereocenters. The van der Waals surface area contributed by atoms with E-state index in [9.17, 15) is 0 Å². The van der Waals surface area contributed by atoms with Gasteiger partial charge in [-0.05, 0) is 24.7 Å². The van der Waals surface area contributed by atoms with Crippen LogP contribution in [0.3, 0.4) is 0 Å². The first-order valence-electron chi connectivity index (χ1n) is 5.08. The van der Waals surface area contributed by atoms with Crippen LogP contribution < -0.4 is 0 Å². The van der Waals surface area contributed by atoms with Gasteiger partial charge in [0.1, 0.15) is 0 Å². The topological polar surface area (TPSA) is 47.6 Å². The molecule has 0 aromatic carbocycles. The van der Waals surface area contributed by atoms with Crippen LogP contribution in [0.25, 0.3) is 0 Å². The molecule has 0 saturated heterocycles. The quantitative estimate of drug-likeness (QED) is 0.663. The minimum absolute atomic E-state index is 0.0125. The second-order valence-electron chi connectivity index (χ2n) is 3.95. The number of hydrogen-bond acceptors (Lipinski definition) is 2. The van der Waals surface area contributed by atoms with E-state index in [-0.39, 0.29) is 5.92 Å². The van der Waals surface area contributed by atoms with Gasteiger partial charge in [0.15, 0.2) is 0 Å². The molecule has 1 rings (SSSR count). The largest absolute Gasteiger partial charge is 0.198 e. The van der Waals surface area contributed by atoms with Crippen molar-refractivity contribution < 1.29 is 0 Å². The maximum atomic E-state index is 8.88. The summed E-state index contributed by atoms with van der Waals surface area (Å²) in [6.45, 7) is 2.21. The van der Waals surface area contributed by atoms with Crippen molar-refractivity contribution in [1.29, 1.82) is 10.5 Å². The highest BCUT2D eigenvalue weighted by atomic mass is 14.4. The Balaban J connectivity index is 2.45. The van der Waals surface area contributed by atoms with Gasteiger partial charge in [0.25, 0.3) is 0 Å². The molecule has 1 aliphatic carbocycles. The molecule has 0 heterocycles. The second-order valence-corrected chi connectivity index (χ2v) is 3.95. The third kappa shape index (κ3) is 2.46. The SMILES string of the molecule is CCC1CCC(C(C#N)CC#N)C1. The fourth-order valence-electron chi connectivity index (χ4n) is 2.27. The number of rotatable bonds is 3. The Morgan fingerprint density at radius 2 is 2.15 bits per heavy atom. The highest BCUT2D eigenvalue weighted by molar-refractivity contribution is 4.96. The van der Waals surface area contributed by atoms with E-state index < -0.39 is 0 Å². The summed E-state index contributed by atoms with van der Waals surface area (Å²) in [5.41, 5.74) is 0. The van der Waals surface area contributed by atoms with E-state index in [0.29, 0.717) is 12.3 Å². The summed E-state index contributed by atoms with van der Waals surface area (Å²) in [6, 6.07) is 4.37. The molecule has 0 aromatic heterocycles. The molecule has 13 heavy (non-hydrogen) atoms. The second kappa shape index (κ2) is 4.87. The van der Waals surface area contributed by atoms with Crippen molar-refractivity contribution in [3.05, 3.63) is 0 Å². The smallest absolute Gasteiger partial charge is 0.0669 e. The number of nitrogens with zero attached hydrogens (tertiary/aromatic N) is 2. The average Bonchev–Trinajstić information content (AvgIpc) is 2.62. The van der Waals surface area contributed by atoms with Gasteiger partial charge >= 0.3 is 0 Å². The lowest BCUT2D eigenvalue weighted by Gasteiger charge is -2.13. The molecule has 2 nitrogen and oxygen atoms in total. The monoisotopic (exact) mass is 176 g/mol. The third-order valence-electron chi connectivity index (χ3n) is 3.21. The van der Waals surface area contributed by atoms with E-state index in [4.69, 9.17) is 10.5 Å². The van der Waals surface area contributed by atoms with Gasteiger partial charge in [0.2, 0.25) is 0 Å². The molecule has 1 aliphatic rings. The predicted octanol–water partition coefficient (Wildman–Crippen LogP) is 2.87. The fraction of sp³-hybridized carbons (Fsp3) is 0.818. The molecule has 2 heteroatoms. The van der Waals surface area contributed by atoms with Gasteiger partial charge in [-0.3, -0.25) is 0 Å². The maximum absolute atomic E-state index is 8.88. The van der Waals surface area contributed by atoms with Crippen molar-refractivity contribution >= 4 is 0 Å². The first-order valence-corrected chi connectivity index (χ1v) is 5.08. The molecule has 0 amide bonds. The Kier molecular flexibility index (Phi) is 3.77. The van der Waals surface area contributed by atoms with E-state index in [0.717, 1.165) is 18.8 Å². The summed E-state index contributed by atoms with van der Waals surface area (Å²) in [7, 11) is 0. The molecular weight excluding hydrogens is 160 g/mol. The van der Waals surface area contributed by atoms with Crippen LogP contribution in [-0.4, -0.2) is 0 Å². The number of nitriles is 2. The van der Waals surface area contributed by atoms with Crippen molar-refractivity contribution in [3.63, 3.8) is 0 Å². The number of hydrogen-bond donors (Lipinski definition) is 0. The van der Waals surface area contributed by atoms with Crippen LogP contribution in [0.4, 0.5) is 0 Å². The van der Waals surface area contributed by atoms with E-state index in [2.05, 4.69) is 19.1 Å². The van der Waals surface area contributed by atoms with E-state index in [1.54, 1.807) is 0 Å². The molecule has 0 bridgehead atoms. The summed E-state index contributed by atoms with van der Waals surface area (Å²) in [4.78, 5) is 0. The molecule has 1 fully saturated rings. The van der Waals surface area contributed by atoms with Gasteiger partial charge in [-0.1, -0.05) is 19.8 Å². The van der Waals surface area contributed by atoms with Crippen molar-refractivity contribution in [3.8, 4) is 12.1 Å². The summed E-state index contributed by atoms with van der Waals surface area (Å²) in [5, 5.41) is 17.4. The molecule has 3 atom stereocenters. The average molecular weight is 176 g/mol. The Hall–Kier alpha value is -1.02. The summed E-state index contributed by atoms with van der Waals surface area (Å²) < 4.78 is 0. The minimum Gasteiger partial charge on any atom is -0.198 e. The lowest BCUT2D eigenvalue weighted by atomic mass is 9.89. The minimum atomic E-state index is -0.0125. The molecule has 0 spiro atoms. The molecule has 70 valence electrons. The molecule has 0 aromatic rings. The lowest BCUT2D eigenvalue weighted by molar-refractivity contribution is 0.396. The van der Waals surface area contributed by atoms with E-state index in [1.807, 2.05) is 0 Å². The van der Waals surface area contributed by atoms with Gasteiger partial charge < -0.3 is 0 Å². The molecule has 1 saturated carbocycles. The summed E-state index contributed by atoms with van der Waals surface area (Å²) >= 11 is 0. The van der Waals surface area contributed by atoms with Crippen molar-refractivity contribution in [2.24, 2.45) is 17.8 Å². The zero-order valence-corrected chi connectivity index (χ0v) is 8.16. The Labute approximate surface area is 80.2 Å². The predicted molar refractivity (Wildman–Crippen MR) is 50.5 cm³/mol. The zero-order chi connectivity index (χ0) is 9.68. The first-order chi connectivity index (χ1) is 6.31. The van der Waals surface area contributed by atoms with Gasteiger partial charge in [0, 0.05) is 0 Å². The normalized spacial score (nSPS) is 29.2. The standard InChI is InChI=1S/C11H16N2/c1-2-9-3-4-10(7-9)11(8-13)5-6-12/h9-11H,2-5,7H2,1H3. The highest BCUT2D eigenvalue weighted by Gasteiger charge is 2.29. The van der Waals surface area contributed by atoms with Gasteiger partial charge in [-0.2, -0.15) is 10.5 Å². The van der Waals surface area contributed by atoms with Gasteiger partial charge in [-0.25, -0.2) is 0 Å². The van der Waals surface area contributed by atoms with Crippen LogP contribution in [-0.2, 0) is 0 Å². The summed E-state index contributed by atoms with van der Waals surface area (Å²) in [6.07, 6.45) is 5.21. The third-order valence-corrected chi connectivity index (χ3v) is 3.21. The van der Waals surface area contributed by atoms with E-state index in [1.165, 1.54) is 12.8 Å². The molecule has 0 radical (unpaired) electrons. The molecular formula is C11H16N2. The van der Waals surface area contributed by atoms with Crippen LogP contribution in [0, 0.1) is 40.4 Å².